The highest BCUT2D eigenvalue weighted by atomic mass is 35.5. The number of carbonyl (C=O) groups is 3. The molecule has 2 aromatic rings. The molecule has 1 saturated heterocycles. The summed E-state index contributed by atoms with van der Waals surface area (Å²) in [4.78, 5) is 43.0. The number of nitrogens with zero attached hydrogens (tertiary/aromatic N) is 2. The molecule has 2 aromatic carbocycles. The minimum Gasteiger partial charge on any atom is -0.491 e. The van der Waals surface area contributed by atoms with Gasteiger partial charge in [-0.2, -0.15) is 0 Å². The highest BCUT2D eigenvalue weighted by Crippen LogP contribution is 2.28. The molecular weight excluding hydrogens is 570 g/mol. The number of hydrogen-bond donors (Lipinski definition) is 5. The second-order valence-corrected chi connectivity index (χ2v) is 11.1. The van der Waals surface area contributed by atoms with Crippen LogP contribution >= 0.6 is 11.6 Å². The molecule has 43 heavy (non-hydrogen) atoms. The molecule has 236 valence electrons. The van der Waals surface area contributed by atoms with Crippen LogP contribution in [0.3, 0.4) is 0 Å². The van der Waals surface area contributed by atoms with Crippen molar-refractivity contribution in [3.8, 4) is 5.75 Å². The van der Waals surface area contributed by atoms with Crippen LogP contribution in [0, 0.1) is 0 Å². The smallest absolute Gasteiger partial charge is 0.246 e. The lowest BCUT2D eigenvalue weighted by molar-refractivity contribution is -0.134. The second kappa shape index (κ2) is 18.4. The first kappa shape index (κ1) is 34.3. The molecule has 0 aromatic heterocycles. The fourth-order valence-corrected chi connectivity index (χ4v) is 5.21. The largest absolute Gasteiger partial charge is 0.491 e. The van der Waals surface area contributed by atoms with Gasteiger partial charge in [0.05, 0.1) is 17.5 Å². The maximum absolute atomic E-state index is 13.4. The van der Waals surface area contributed by atoms with Gasteiger partial charge < -0.3 is 37.5 Å². The van der Waals surface area contributed by atoms with Crippen LogP contribution in [-0.4, -0.2) is 92.0 Å². The molecule has 2 unspecified atom stereocenters. The minimum absolute atomic E-state index is 0.228. The number of anilines is 1. The van der Waals surface area contributed by atoms with Gasteiger partial charge in [0, 0.05) is 38.4 Å². The van der Waals surface area contributed by atoms with Crippen molar-refractivity contribution in [1.82, 2.24) is 15.1 Å². The van der Waals surface area contributed by atoms with Gasteiger partial charge in [-0.15, -0.1) is 0 Å². The first-order chi connectivity index (χ1) is 20.8. The minimum atomic E-state index is -1.15. The summed E-state index contributed by atoms with van der Waals surface area (Å²) in [5.74, 6) is -0.806. The maximum atomic E-state index is 13.4. The van der Waals surface area contributed by atoms with Gasteiger partial charge in [-0.05, 0) is 62.5 Å². The number of nitrogens with one attached hydrogen (secondary N) is 2. The normalized spacial score (nSPS) is 14.9. The average molecular weight is 616 g/mol. The quantitative estimate of drug-likeness (QED) is 0.179. The standard InChI is InChI=1S/C31H46ClN7O4/c32-25-21-24(10-12-28(25)43-20-19-38-15-5-2-6-16-38)36-31(42)27(11-9-23-7-3-1-4-8-23)37-30(41)26(35)22-29(40)39(17-13-33)18-14-34/h1,3-4,7-8,10,12,21,26-27H,2,5-6,9,11,13-20,22,33-35H2,(H,36,42)(H,37,41). The Kier molecular flexibility index (Phi) is 14.7. The van der Waals surface area contributed by atoms with Crippen molar-refractivity contribution in [3.63, 3.8) is 0 Å². The first-order valence-corrected chi connectivity index (χ1v) is 15.4. The average Bonchev–Trinajstić information content (AvgIpc) is 3.01. The van der Waals surface area contributed by atoms with E-state index in [-0.39, 0.29) is 25.4 Å². The summed E-state index contributed by atoms with van der Waals surface area (Å²) < 4.78 is 5.89. The summed E-state index contributed by atoms with van der Waals surface area (Å²) in [7, 11) is 0. The molecule has 11 nitrogen and oxygen atoms in total. The molecule has 1 fully saturated rings. The zero-order valence-corrected chi connectivity index (χ0v) is 25.6. The molecule has 2 atom stereocenters. The zero-order valence-electron chi connectivity index (χ0n) is 24.8. The summed E-state index contributed by atoms with van der Waals surface area (Å²) in [6, 6.07) is 12.7. The number of carbonyl (C=O) groups excluding carboxylic acids is 3. The Balaban J connectivity index is 1.61. The van der Waals surface area contributed by atoms with Gasteiger partial charge in [0.2, 0.25) is 17.7 Å². The lowest BCUT2D eigenvalue weighted by Crippen LogP contribution is -2.52. The van der Waals surface area contributed by atoms with E-state index in [1.165, 1.54) is 24.2 Å². The molecule has 1 aliphatic heterocycles. The summed E-state index contributed by atoms with van der Waals surface area (Å²) in [6.07, 6.45) is 4.35. The second-order valence-electron chi connectivity index (χ2n) is 10.7. The van der Waals surface area contributed by atoms with Crippen molar-refractivity contribution in [3.05, 3.63) is 59.1 Å². The summed E-state index contributed by atoms with van der Waals surface area (Å²) in [6.45, 7) is 4.71. The zero-order chi connectivity index (χ0) is 31.0. The van der Waals surface area contributed by atoms with Crippen LogP contribution in [0.15, 0.2) is 48.5 Å². The molecule has 0 radical (unpaired) electrons. The van der Waals surface area contributed by atoms with Crippen molar-refractivity contribution in [2.45, 2.75) is 50.6 Å². The maximum Gasteiger partial charge on any atom is 0.246 e. The van der Waals surface area contributed by atoms with E-state index in [9.17, 15) is 14.4 Å². The Morgan fingerprint density at radius 3 is 2.33 bits per heavy atom. The van der Waals surface area contributed by atoms with Crippen LogP contribution in [0.25, 0.3) is 0 Å². The Morgan fingerprint density at radius 1 is 0.977 bits per heavy atom. The summed E-state index contributed by atoms with van der Waals surface area (Å²) in [5.41, 5.74) is 18.8. The van der Waals surface area contributed by atoms with Crippen LogP contribution in [-0.2, 0) is 20.8 Å². The van der Waals surface area contributed by atoms with Crippen molar-refractivity contribution < 1.29 is 19.1 Å². The molecule has 3 amide bonds. The highest BCUT2D eigenvalue weighted by molar-refractivity contribution is 6.32. The molecule has 0 bridgehead atoms. The predicted molar refractivity (Wildman–Crippen MR) is 170 cm³/mol. The van der Waals surface area contributed by atoms with Gasteiger partial charge in [0.15, 0.2) is 0 Å². The van der Waals surface area contributed by atoms with E-state index in [1.807, 2.05) is 30.3 Å². The van der Waals surface area contributed by atoms with Gasteiger partial charge in [-0.1, -0.05) is 48.4 Å². The number of piperidine rings is 1. The van der Waals surface area contributed by atoms with Crippen LogP contribution in [0.2, 0.25) is 5.02 Å². The molecule has 1 heterocycles. The summed E-state index contributed by atoms with van der Waals surface area (Å²) in [5, 5.41) is 5.96. The molecule has 0 aliphatic carbocycles. The Hall–Kier alpha value is -3.22. The van der Waals surface area contributed by atoms with Gasteiger partial charge in [-0.3, -0.25) is 19.3 Å². The molecule has 3 rings (SSSR count). The fourth-order valence-electron chi connectivity index (χ4n) is 4.98. The third-order valence-electron chi connectivity index (χ3n) is 7.39. The lowest BCUT2D eigenvalue weighted by atomic mass is 10.0. The van der Waals surface area contributed by atoms with Crippen LogP contribution in [0.4, 0.5) is 5.69 Å². The molecule has 0 saturated carbocycles. The van der Waals surface area contributed by atoms with E-state index in [0.717, 1.165) is 25.2 Å². The summed E-state index contributed by atoms with van der Waals surface area (Å²) >= 11 is 6.47. The molecule has 0 spiro atoms. The number of likely N-dealkylation sites (tertiary alicyclic amines) is 1. The number of halogens is 1. The van der Waals surface area contributed by atoms with E-state index in [1.54, 1.807) is 18.2 Å². The third-order valence-corrected chi connectivity index (χ3v) is 7.69. The fraction of sp³-hybridized carbons (Fsp3) is 0.516. The monoisotopic (exact) mass is 615 g/mol. The van der Waals surface area contributed by atoms with Crippen molar-refractivity contribution in [2.24, 2.45) is 17.2 Å². The SMILES string of the molecule is NCCN(CCN)C(=O)CC(N)C(=O)NC(CCc1ccccc1)C(=O)Nc1ccc(OCCN2CCCCC2)c(Cl)c1. The number of ether oxygens (including phenoxy) is 1. The van der Waals surface area contributed by atoms with Crippen molar-refractivity contribution in [1.29, 1.82) is 0 Å². The van der Waals surface area contributed by atoms with E-state index >= 15 is 0 Å². The van der Waals surface area contributed by atoms with Gasteiger partial charge in [0.1, 0.15) is 18.4 Å². The predicted octanol–water partition coefficient (Wildman–Crippen LogP) is 1.72. The Labute approximate surface area is 259 Å². The van der Waals surface area contributed by atoms with Gasteiger partial charge >= 0.3 is 0 Å². The van der Waals surface area contributed by atoms with E-state index in [0.29, 0.717) is 49.0 Å². The molecule has 1 aliphatic rings. The van der Waals surface area contributed by atoms with Crippen LogP contribution in [0.1, 0.15) is 37.7 Å². The molecule has 12 heteroatoms. The topological polar surface area (TPSA) is 169 Å². The highest BCUT2D eigenvalue weighted by Gasteiger charge is 2.27. The Morgan fingerprint density at radius 2 is 1.67 bits per heavy atom. The Bertz CT molecular complexity index is 1160. The lowest BCUT2D eigenvalue weighted by Gasteiger charge is -2.26. The number of hydrogen-bond acceptors (Lipinski definition) is 8. The van der Waals surface area contributed by atoms with Crippen LogP contribution in [0.5, 0.6) is 5.75 Å². The first-order valence-electron chi connectivity index (χ1n) is 15.0. The van der Waals surface area contributed by atoms with Crippen molar-refractivity contribution in [2.75, 3.05) is 57.7 Å². The van der Waals surface area contributed by atoms with E-state index < -0.39 is 23.9 Å². The molecular formula is C31H46ClN7O4. The van der Waals surface area contributed by atoms with Gasteiger partial charge in [0.25, 0.3) is 0 Å². The number of aryl methyl sites for hydroxylation is 1. The third kappa shape index (κ3) is 11.8. The number of benzene rings is 2. The van der Waals surface area contributed by atoms with Crippen LogP contribution < -0.4 is 32.6 Å². The number of nitrogens with two attached hydrogens (primary N) is 3. The van der Waals surface area contributed by atoms with E-state index in [4.69, 9.17) is 33.5 Å². The van der Waals surface area contributed by atoms with Gasteiger partial charge in [-0.25, -0.2) is 0 Å². The number of amides is 3. The van der Waals surface area contributed by atoms with E-state index in [2.05, 4.69) is 15.5 Å². The number of rotatable bonds is 17. The van der Waals surface area contributed by atoms with Crippen molar-refractivity contribution >= 4 is 35.0 Å². The molecule has 8 N–H and O–H groups in total.